The number of fused-ring (bicyclic) bond motifs is 3. The van der Waals surface area contributed by atoms with Crippen LogP contribution in [0.5, 0.6) is 5.75 Å². The highest BCUT2D eigenvalue weighted by molar-refractivity contribution is 7.23. The predicted octanol–water partition coefficient (Wildman–Crippen LogP) is 6.14. The van der Waals surface area contributed by atoms with E-state index in [1.807, 2.05) is 4.40 Å². The number of carbonyl (C=O) groups is 2. The highest BCUT2D eigenvalue weighted by Crippen LogP contribution is 2.37. The number of thiazole rings is 1. The number of aromatic nitrogens is 2. The van der Waals surface area contributed by atoms with Gasteiger partial charge in [-0.2, -0.15) is 0 Å². The van der Waals surface area contributed by atoms with Crippen molar-refractivity contribution < 1.29 is 33.0 Å². The summed E-state index contributed by atoms with van der Waals surface area (Å²) < 4.78 is 42.7. The van der Waals surface area contributed by atoms with Crippen LogP contribution in [0.25, 0.3) is 26.4 Å². The molecule has 0 spiro atoms. The second-order valence-corrected chi connectivity index (χ2v) is 14.7. The van der Waals surface area contributed by atoms with Gasteiger partial charge in [-0.3, -0.25) is 9.20 Å². The number of nitrogens with zero attached hydrogens (tertiary/aromatic N) is 4. The molecule has 10 nitrogen and oxygen atoms in total. The second-order valence-electron chi connectivity index (χ2n) is 13.7. The number of halogens is 2. The molecule has 0 atom stereocenters. The number of methoxy groups -OCH3 is 1. The van der Waals surface area contributed by atoms with Gasteiger partial charge in [-0.1, -0.05) is 17.4 Å². The number of piperidine rings is 2. The van der Waals surface area contributed by atoms with Crippen LogP contribution in [-0.2, 0) is 10.3 Å². The number of rotatable bonds is 8. The molecule has 4 heterocycles. The molecule has 6 rings (SSSR count). The molecule has 13 heteroatoms. The fourth-order valence-corrected chi connectivity index (χ4v) is 7.44. The van der Waals surface area contributed by atoms with E-state index in [-0.39, 0.29) is 18.7 Å². The third kappa shape index (κ3) is 7.28. The van der Waals surface area contributed by atoms with Crippen molar-refractivity contribution in [1.82, 2.24) is 24.5 Å². The van der Waals surface area contributed by atoms with Crippen molar-refractivity contribution in [2.24, 2.45) is 0 Å². The van der Waals surface area contributed by atoms with Crippen LogP contribution in [0.1, 0.15) is 68.8 Å². The third-order valence-corrected chi connectivity index (χ3v) is 10.2. The monoisotopic (exact) mass is 683 g/mol. The Morgan fingerprint density at radius 3 is 2.52 bits per heavy atom. The zero-order valence-corrected chi connectivity index (χ0v) is 28.7. The van der Waals surface area contributed by atoms with Crippen LogP contribution >= 0.6 is 11.3 Å². The number of likely N-dealkylation sites (tertiary alicyclic amines) is 2. The van der Waals surface area contributed by atoms with E-state index in [0.717, 1.165) is 36.3 Å². The maximum Gasteiger partial charge on any atom is 0.410 e. The van der Waals surface area contributed by atoms with Crippen molar-refractivity contribution >= 4 is 38.5 Å². The van der Waals surface area contributed by atoms with Crippen LogP contribution in [0, 0.1) is 5.82 Å². The fraction of sp³-hybridized carbons (Fsp3) is 0.514. The zero-order chi connectivity index (χ0) is 34.2. The average molecular weight is 684 g/mol. The SMILES string of the molecule is COc1cc2c(cc1C(=O)NCCCN1CCC(F)CC1)sc1nc(-c3ccc(C4(O)CCN(C(=O)OC(C)(C)C)CC4)cc3F)cn12. The Hall–Kier alpha value is -3.81. The highest BCUT2D eigenvalue weighted by atomic mass is 32.1. The van der Waals surface area contributed by atoms with Crippen LogP contribution in [-0.4, -0.2) is 94.4 Å². The summed E-state index contributed by atoms with van der Waals surface area (Å²) in [4.78, 5) is 34.7. The number of amides is 2. The predicted molar refractivity (Wildman–Crippen MR) is 181 cm³/mol. The van der Waals surface area contributed by atoms with Gasteiger partial charge < -0.3 is 29.7 Å². The first-order valence-corrected chi connectivity index (χ1v) is 17.3. The van der Waals surface area contributed by atoms with E-state index in [4.69, 9.17) is 14.5 Å². The lowest BCUT2D eigenvalue weighted by molar-refractivity contribution is -0.0358. The number of hydrogen-bond acceptors (Lipinski definition) is 8. The van der Waals surface area contributed by atoms with Crippen LogP contribution in [0.4, 0.5) is 13.6 Å². The van der Waals surface area contributed by atoms with Gasteiger partial charge in [0.05, 0.1) is 34.2 Å². The third-order valence-electron chi connectivity index (χ3n) is 9.14. The molecular formula is C35H43F2N5O5S. The molecule has 2 N–H and O–H groups in total. The Kier molecular flexibility index (Phi) is 9.65. The Bertz CT molecular complexity index is 1800. The molecule has 2 fully saturated rings. The summed E-state index contributed by atoms with van der Waals surface area (Å²) in [5.41, 5.74) is 0.518. The molecule has 2 amide bonds. The van der Waals surface area contributed by atoms with E-state index in [0.29, 0.717) is 65.6 Å². The minimum absolute atomic E-state index is 0.234. The first-order chi connectivity index (χ1) is 22.8. The summed E-state index contributed by atoms with van der Waals surface area (Å²) in [5.74, 6) is -0.322. The van der Waals surface area contributed by atoms with Crippen LogP contribution < -0.4 is 10.1 Å². The van der Waals surface area contributed by atoms with Gasteiger partial charge in [0.25, 0.3) is 5.91 Å². The van der Waals surface area contributed by atoms with Crippen molar-refractivity contribution in [3.63, 3.8) is 0 Å². The molecule has 2 aliphatic rings. The van der Waals surface area contributed by atoms with E-state index in [2.05, 4.69) is 10.2 Å². The number of alkyl halides is 1. The summed E-state index contributed by atoms with van der Waals surface area (Å²) in [5, 5.41) is 14.4. The average Bonchev–Trinajstić information content (AvgIpc) is 3.60. The quantitative estimate of drug-likeness (QED) is 0.215. The number of imidazole rings is 1. The topological polar surface area (TPSA) is 109 Å². The van der Waals surface area contributed by atoms with Gasteiger partial charge in [0.15, 0.2) is 4.96 Å². The number of nitrogens with one attached hydrogen (secondary N) is 1. The lowest BCUT2D eigenvalue weighted by atomic mass is 9.84. The standard InChI is InChI=1S/C35H43F2N5O5S/c1-34(2,3)47-33(44)41-16-10-35(45,11-17-41)22-6-7-24(26(37)18-22)27-21-42-28-20-29(46-4)25(19-30(28)48-32(42)39-27)31(43)38-12-5-13-40-14-8-23(36)9-15-40/h6-7,18-21,23,45H,5,8-17H2,1-4H3,(H,38,43). The summed E-state index contributed by atoms with van der Waals surface area (Å²) in [6.45, 7) is 8.83. The van der Waals surface area contributed by atoms with Crippen molar-refractivity contribution in [2.75, 3.05) is 46.4 Å². The van der Waals surface area contributed by atoms with Gasteiger partial charge in [0.1, 0.15) is 23.3 Å². The lowest BCUT2D eigenvalue weighted by Crippen LogP contribution is -2.46. The van der Waals surface area contributed by atoms with Crippen molar-refractivity contribution in [3.05, 3.63) is 53.5 Å². The molecule has 2 saturated heterocycles. The molecule has 0 saturated carbocycles. The minimum atomic E-state index is -1.27. The minimum Gasteiger partial charge on any atom is -0.496 e. The van der Waals surface area contributed by atoms with Gasteiger partial charge in [-0.25, -0.2) is 18.6 Å². The summed E-state index contributed by atoms with van der Waals surface area (Å²) in [7, 11) is 1.52. The Morgan fingerprint density at radius 2 is 1.85 bits per heavy atom. The fourth-order valence-electron chi connectivity index (χ4n) is 6.41. The van der Waals surface area contributed by atoms with Crippen LogP contribution in [0.15, 0.2) is 36.5 Å². The van der Waals surface area contributed by atoms with E-state index in [1.165, 1.54) is 24.5 Å². The van der Waals surface area contributed by atoms with E-state index in [1.54, 1.807) is 56.1 Å². The number of carbonyl (C=O) groups excluding carboxylic acids is 2. The molecule has 0 aliphatic carbocycles. The van der Waals surface area contributed by atoms with Crippen LogP contribution in [0.2, 0.25) is 0 Å². The molecule has 48 heavy (non-hydrogen) atoms. The van der Waals surface area contributed by atoms with Gasteiger partial charge in [0.2, 0.25) is 0 Å². The van der Waals surface area contributed by atoms with Gasteiger partial charge in [0, 0.05) is 50.6 Å². The zero-order valence-electron chi connectivity index (χ0n) is 27.9. The maximum absolute atomic E-state index is 15.6. The summed E-state index contributed by atoms with van der Waals surface area (Å²) >= 11 is 1.39. The van der Waals surface area contributed by atoms with Crippen molar-refractivity contribution in [3.8, 4) is 17.0 Å². The molecule has 2 aliphatic heterocycles. The first kappa shape index (κ1) is 34.1. The second kappa shape index (κ2) is 13.6. The Morgan fingerprint density at radius 1 is 1.12 bits per heavy atom. The Labute approximate surface area is 282 Å². The normalized spacial score (nSPS) is 17.6. The van der Waals surface area contributed by atoms with Gasteiger partial charge in [-0.05, 0) is 83.2 Å². The van der Waals surface area contributed by atoms with E-state index < -0.39 is 29.3 Å². The molecule has 4 aromatic rings. The number of ether oxygens (including phenoxy) is 2. The van der Waals surface area contributed by atoms with Gasteiger partial charge >= 0.3 is 6.09 Å². The summed E-state index contributed by atoms with van der Waals surface area (Å²) in [6.07, 6.45) is 3.07. The lowest BCUT2D eigenvalue weighted by Gasteiger charge is -2.39. The van der Waals surface area contributed by atoms with E-state index >= 15 is 4.39 Å². The first-order valence-electron chi connectivity index (χ1n) is 16.5. The molecule has 2 aromatic heterocycles. The Balaban J connectivity index is 1.13. The molecule has 0 radical (unpaired) electrons. The van der Waals surface area contributed by atoms with Crippen molar-refractivity contribution in [1.29, 1.82) is 0 Å². The summed E-state index contributed by atoms with van der Waals surface area (Å²) in [6, 6.07) is 8.28. The molecule has 0 bridgehead atoms. The van der Waals surface area contributed by atoms with Crippen molar-refractivity contribution in [2.45, 2.75) is 70.2 Å². The molecule has 258 valence electrons. The molecule has 2 aromatic carbocycles. The smallest absolute Gasteiger partial charge is 0.410 e. The highest BCUT2D eigenvalue weighted by Gasteiger charge is 2.37. The number of hydrogen-bond donors (Lipinski definition) is 2. The number of benzene rings is 2. The number of aliphatic hydroxyl groups is 1. The molecular weight excluding hydrogens is 640 g/mol. The molecule has 0 unspecified atom stereocenters. The largest absolute Gasteiger partial charge is 0.496 e. The van der Waals surface area contributed by atoms with E-state index in [9.17, 15) is 19.1 Å². The van der Waals surface area contributed by atoms with Crippen LogP contribution in [0.3, 0.4) is 0 Å². The van der Waals surface area contributed by atoms with Gasteiger partial charge in [-0.15, -0.1) is 0 Å². The maximum atomic E-state index is 15.6.